The van der Waals surface area contributed by atoms with Gasteiger partial charge in [-0.15, -0.1) is 11.3 Å². The lowest BCUT2D eigenvalue weighted by Crippen LogP contribution is -2.24. The third kappa shape index (κ3) is 8.29. The third-order valence-electron chi connectivity index (χ3n) is 3.09. The number of aromatic nitrogens is 1. The zero-order chi connectivity index (χ0) is 17.1. The molecule has 0 fully saturated rings. The molecule has 1 rings (SSSR count). The maximum absolute atomic E-state index is 11.9. The Balaban J connectivity index is 2.26. The number of carboxylic acids is 1. The highest BCUT2D eigenvalue weighted by Crippen LogP contribution is 2.16. The molecule has 2 amide bonds. The van der Waals surface area contributed by atoms with Crippen molar-refractivity contribution in [1.29, 1.82) is 0 Å². The van der Waals surface area contributed by atoms with Crippen LogP contribution in [0.1, 0.15) is 62.4 Å². The molecule has 0 atom stereocenters. The van der Waals surface area contributed by atoms with Gasteiger partial charge in [-0.05, 0) is 19.3 Å². The summed E-state index contributed by atoms with van der Waals surface area (Å²) in [6.45, 7) is 2.49. The molecule has 128 valence electrons. The smallest absolute Gasteiger partial charge is 0.303 e. The first-order valence-corrected chi connectivity index (χ1v) is 8.66. The van der Waals surface area contributed by atoms with Gasteiger partial charge in [0.25, 0.3) is 5.91 Å². The molecule has 1 aromatic heterocycles. The highest BCUT2D eigenvalue weighted by molar-refractivity contribution is 7.14. The minimum absolute atomic E-state index is 0.0911. The molecule has 0 aliphatic heterocycles. The summed E-state index contributed by atoms with van der Waals surface area (Å²) in [5.74, 6) is -1.18. The molecule has 0 aliphatic carbocycles. The van der Waals surface area contributed by atoms with Gasteiger partial charge in [0.1, 0.15) is 5.69 Å². The molecule has 0 unspecified atom stereocenters. The minimum atomic E-state index is -0.801. The fourth-order valence-electron chi connectivity index (χ4n) is 1.83. The molecule has 0 aliphatic rings. The van der Waals surface area contributed by atoms with E-state index in [9.17, 15) is 14.4 Å². The fraction of sp³-hybridized carbons (Fsp3) is 0.600. The van der Waals surface area contributed by atoms with Crippen LogP contribution < -0.4 is 10.6 Å². The van der Waals surface area contributed by atoms with Crippen LogP contribution in [0.25, 0.3) is 0 Å². The molecule has 7 nitrogen and oxygen atoms in total. The molecular formula is C15H23N3O4S. The number of amides is 2. The summed E-state index contributed by atoms with van der Waals surface area (Å²) in [5, 5.41) is 16.0. The topological polar surface area (TPSA) is 108 Å². The van der Waals surface area contributed by atoms with Gasteiger partial charge >= 0.3 is 5.97 Å². The van der Waals surface area contributed by atoms with Crippen LogP contribution in [0.15, 0.2) is 5.38 Å². The Kier molecular flexibility index (Phi) is 8.89. The second kappa shape index (κ2) is 10.7. The summed E-state index contributed by atoms with van der Waals surface area (Å²) in [4.78, 5) is 37.9. The molecule has 1 aromatic rings. The van der Waals surface area contributed by atoms with Crippen molar-refractivity contribution in [2.45, 2.75) is 51.9 Å². The van der Waals surface area contributed by atoms with Gasteiger partial charge in [-0.2, -0.15) is 0 Å². The van der Waals surface area contributed by atoms with E-state index in [-0.39, 0.29) is 23.9 Å². The van der Waals surface area contributed by atoms with Gasteiger partial charge in [0, 0.05) is 24.8 Å². The lowest BCUT2D eigenvalue weighted by atomic mass is 10.2. The van der Waals surface area contributed by atoms with E-state index in [4.69, 9.17) is 5.11 Å². The highest BCUT2D eigenvalue weighted by Gasteiger charge is 2.11. The number of hydrogen-bond acceptors (Lipinski definition) is 5. The van der Waals surface area contributed by atoms with Crippen LogP contribution in [0.3, 0.4) is 0 Å². The lowest BCUT2D eigenvalue weighted by Gasteiger charge is -2.02. The largest absolute Gasteiger partial charge is 0.481 e. The maximum atomic E-state index is 11.9. The Morgan fingerprint density at radius 2 is 1.96 bits per heavy atom. The second-order valence-corrected chi connectivity index (χ2v) is 6.01. The quantitative estimate of drug-likeness (QED) is 0.536. The Labute approximate surface area is 139 Å². The molecule has 23 heavy (non-hydrogen) atoms. The summed E-state index contributed by atoms with van der Waals surface area (Å²) in [7, 11) is 0. The van der Waals surface area contributed by atoms with E-state index in [0.29, 0.717) is 24.5 Å². The number of thiazole rings is 1. The molecule has 0 spiro atoms. The van der Waals surface area contributed by atoms with E-state index < -0.39 is 5.97 Å². The lowest BCUT2D eigenvalue weighted by molar-refractivity contribution is -0.137. The van der Waals surface area contributed by atoms with E-state index >= 15 is 0 Å². The van der Waals surface area contributed by atoms with Crippen LogP contribution in [0.2, 0.25) is 0 Å². The SMILES string of the molecule is CCCCC(=O)Nc1nc(C(=O)NCCCCCC(=O)O)cs1. The van der Waals surface area contributed by atoms with Crippen LogP contribution in [-0.4, -0.2) is 34.4 Å². The Morgan fingerprint density at radius 1 is 1.17 bits per heavy atom. The molecule has 3 N–H and O–H groups in total. The normalized spacial score (nSPS) is 10.3. The predicted octanol–water partition coefficient (Wildman–Crippen LogP) is 2.65. The van der Waals surface area contributed by atoms with Crippen LogP contribution in [0, 0.1) is 0 Å². The van der Waals surface area contributed by atoms with Gasteiger partial charge in [-0.1, -0.05) is 19.8 Å². The average molecular weight is 341 g/mol. The van der Waals surface area contributed by atoms with E-state index in [1.54, 1.807) is 5.38 Å². The number of carboxylic acid groups (broad SMARTS) is 1. The number of anilines is 1. The number of carbonyl (C=O) groups excluding carboxylic acids is 2. The van der Waals surface area contributed by atoms with Gasteiger partial charge in [0.2, 0.25) is 5.91 Å². The molecule has 0 aromatic carbocycles. The summed E-state index contributed by atoms with van der Waals surface area (Å²) < 4.78 is 0. The van der Waals surface area contributed by atoms with Gasteiger partial charge in [0.15, 0.2) is 5.13 Å². The van der Waals surface area contributed by atoms with E-state index in [1.165, 1.54) is 11.3 Å². The van der Waals surface area contributed by atoms with Crippen LogP contribution in [0.4, 0.5) is 5.13 Å². The first kappa shape index (κ1) is 19.1. The number of nitrogens with one attached hydrogen (secondary N) is 2. The Morgan fingerprint density at radius 3 is 2.65 bits per heavy atom. The average Bonchev–Trinajstić information content (AvgIpc) is 2.96. The van der Waals surface area contributed by atoms with Crippen LogP contribution in [0.5, 0.6) is 0 Å². The van der Waals surface area contributed by atoms with Crippen molar-refractivity contribution < 1.29 is 19.5 Å². The van der Waals surface area contributed by atoms with E-state index in [2.05, 4.69) is 15.6 Å². The van der Waals surface area contributed by atoms with Crippen molar-refractivity contribution >= 4 is 34.3 Å². The van der Waals surface area contributed by atoms with Gasteiger partial charge in [0.05, 0.1) is 0 Å². The monoisotopic (exact) mass is 341 g/mol. The summed E-state index contributed by atoms with van der Waals surface area (Å²) in [6, 6.07) is 0. The molecule has 8 heteroatoms. The summed E-state index contributed by atoms with van der Waals surface area (Å²) >= 11 is 1.22. The molecule has 0 bridgehead atoms. The number of rotatable bonds is 11. The molecule has 0 radical (unpaired) electrons. The standard InChI is InChI=1S/C15H23N3O4S/c1-2-3-7-12(19)18-15-17-11(10-23-15)14(22)16-9-6-4-5-8-13(20)21/h10H,2-9H2,1H3,(H,16,22)(H,20,21)(H,17,18,19). The molecule has 0 saturated heterocycles. The van der Waals surface area contributed by atoms with Crippen molar-refractivity contribution in [3.63, 3.8) is 0 Å². The first-order chi connectivity index (χ1) is 11.0. The van der Waals surface area contributed by atoms with Crippen molar-refractivity contribution in [3.05, 3.63) is 11.1 Å². The van der Waals surface area contributed by atoms with Gasteiger partial charge < -0.3 is 15.7 Å². The number of carbonyl (C=O) groups is 3. The van der Waals surface area contributed by atoms with Crippen molar-refractivity contribution in [1.82, 2.24) is 10.3 Å². The first-order valence-electron chi connectivity index (χ1n) is 7.78. The number of unbranched alkanes of at least 4 members (excludes halogenated alkanes) is 3. The number of nitrogens with zero attached hydrogens (tertiary/aromatic N) is 1. The van der Waals surface area contributed by atoms with E-state index in [1.807, 2.05) is 6.92 Å². The summed E-state index contributed by atoms with van der Waals surface area (Å²) in [6.07, 6.45) is 4.47. The van der Waals surface area contributed by atoms with Crippen LogP contribution >= 0.6 is 11.3 Å². The van der Waals surface area contributed by atoms with Crippen molar-refractivity contribution in [2.75, 3.05) is 11.9 Å². The summed E-state index contributed by atoms with van der Waals surface area (Å²) in [5.41, 5.74) is 0.284. The molecule has 1 heterocycles. The highest BCUT2D eigenvalue weighted by atomic mass is 32.1. The fourth-order valence-corrected chi connectivity index (χ4v) is 2.53. The minimum Gasteiger partial charge on any atom is -0.481 e. The number of aliphatic carboxylic acids is 1. The van der Waals surface area contributed by atoms with Gasteiger partial charge in [-0.3, -0.25) is 14.4 Å². The van der Waals surface area contributed by atoms with E-state index in [0.717, 1.165) is 25.7 Å². The second-order valence-electron chi connectivity index (χ2n) is 5.15. The van der Waals surface area contributed by atoms with Crippen LogP contribution in [-0.2, 0) is 9.59 Å². The van der Waals surface area contributed by atoms with Gasteiger partial charge in [-0.25, -0.2) is 4.98 Å². The zero-order valence-electron chi connectivity index (χ0n) is 13.3. The predicted molar refractivity (Wildman–Crippen MR) is 88.7 cm³/mol. The number of hydrogen-bond donors (Lipinski definition) is 3. The molecule has 0 saturated carbocycles. The maximum Gasteiger partial charge on any atom is 0.303 e. The Bertz CT molecular complexity index is 531. The van der Waals surface area contributed by atoms with Crippen molar-refractivity contribution in [3.8, 4) is 0 Å². The Hall–Kier alpha value is -1.96. The zero-order valence-corrected chi connectivity index (χ0v) is 14.1. The third-order valence-corrected chi connectivity index (χ3v) is 3.85. The molecular weight excluding hydrogens is 318 g/mol. The van der Waals surface area contributed by atoms with Crippen molar-refractivity contribution in [2.24, 2.45) is 0 Å².